The number of carbonyl (C=O) groups is 1. The summed E-state index contributed by atoms with van der Waals surface area (Å²) in [5.41, 5.74) is 0.930. The number of benzene rings is 1. The van der Waals surface area contributed by atoms with Crippen LogP contribution >= 0.6 is 0 Å². The van der Waals surface area contributed by atoms with Crippen LogP contribution in [-0.4, -0.2) is 20.6 Å². The number of amides is 1. The molecule has 1 amide bonds. The second kappa shape index (κ2) is 6.38. The molecular formula is C13H17NO4S. The molecule has 0 saturated carbocycles. The summed E-state index contributed by atoms with van der Waals surface area (Å²) in [6.45, 7) is 7.14. The van der Waals surface area contributed by atoms with Gasteiger partial charge in [0.1, 0.15) is 6.10 Å². The highest BCUT2D eigenvalue weighted by molar-refractivity contribution is 7.90. The van der Waals surface area contributed by atoms with Crippen LogP contribution in [0.1, 0.15) is 18.9 Å². The van der Waals surface area contributed by atoms with Gasteiger partial charge in [-0.15, -0.1) is 0 Å². The first-order valence-electron chi connectivity index (χ1n) is 5.81. The van der Waals surface area contributed by atoms with E-state index in [1.54, 1.807) is 19.1 Å². The lowest BCUT2D eigenvalue weighted by molar-refractivity contribution is 0.123. The highest BCUT2D eigenvalue weighted by Crippen LogP contribution is 2.10. The molecule has 1 aromatic rings. The van der Waals surface area contributed by atoms with E-state index in [2.05, 4.69) is 6.58 Å². The van der Waals surface area contributed by atoms with E-state index in [1.165, 1.54) is 18.2 Å². The molecule has 104 valence electrons. The number of ether oxygens (including phenoxy) is 1. The Balaban J connectivity index is 2.77. The molecule has 0 aliphatic heterocycles. The summed E-state index contributed by atoms with van der Waals surface area (Å²) >= 11 is 0. The van der Waals surface area contributed by atoms with Crippen LogP contribution in [0.5, 0.6) is 0 Å². The molecule has 0 radical (unpaired) electrons. The molecule has 19 heavy (non-hydrogen) atoms. The van der Waals surface area contributed by atoms with Gasteiger partial charge in [0.05, 0.1) is 4.90 Å². The number of nitrogens with one attached hydrogen (secondary N) is 1. The van der Waals surface area contributed by atoms with Gasteiger partial charge in [0.15, 0.2) is 0 Å². The van der Waals surface area contributed by atoms with E-state index in [0.717, 1.165) is 5.56 Å². The van der Waals surface area contributed by atoms with Gasteiger partial charge < -0.3 is 4.74 Å². The Morgan fingerprint density at radius 2 is 2.00 bits per heavy atom. The van der Waals surface area contributed by atoms with Gasteiger partial charge in [0.25, 0.3) is 10.0 Å². The van der Waals surface area contributed by atoms with Crippen LogP contribution in [0.2, 0.25) is 0 Å². The summed E-state index contributed by atoms with van der Waals surface area (Å²) in [4.78, 5) is 11.5. The Morgan fingerprint density at radius 3 is 2.47 bits per heavy atom. The summed E-state index contributed by atoms with van der Waals surface area (Å²) < 4.78 is 30.5. The molecular weight excluding hydrogens is 266 g/mol. The van der Waals surface area contributed by atoms with Crippen molar-refractivity contribution in [2.75, 3.05) is 0 Å². The van der Waals surface area contributed by atoms with E-state index in [9.17, 15) is 13.2 Å². The van der Waals surface area contributed by atoms with Gasteiger partial charge in [-0.25, -0.2) is 17.9 Å². The molecule has 0 spiro atoms. The van der Waals surface area contributed by atoms with Crippen molar-refractivity contribution in [2.45, 2.75) is 31.3 Å². The fourth-order valence-corrected chi connectivity index (χ4v) is 2.23. The Bertz CT molecular complexity index is 549. The molecule has 1 rings (SSSR count). The third kappa shape index (κ3) is 4.40. The standard InChI is InChI=1S/C13H17NO4S/c1-4-11(5-2)18-13(15)14-19(16,17)12-8-6-10(3)7-9-12/h4,6-9,11H,1,5H2,2-3H3,(H,14,15). The number of hydrogen-bond acceptors (Lipinski definition) is 4. The average Bonchev–Trinajstić information content (AvgIpc) is 2.35. The second-order valence-corrected chi connectivity index (χ2v) is 5.69. The quantitative estimate of drug-likeness (QED) is 0.842. The summed E-state index contributed by atoms with van der Waals surface area (Å²) in [7, 11) is -3.90. The van der Waals surface area contributed by atoms with Gasteiger partial charge in [-0.05, 0) is 25.5 Å². The third-order valence-electron chi connectivity index (χ3n) is 2.47. The lowest BCUT2D eigenvalue weighted by Gasteiger charge is -2.12. The number of carbonyl (C=O) groups excluding carboxylic acids is 1. The minimum atomic E-state index is -3.90. The number of sulfonamides is 1. The third-order valence-corrected chi connectivity index (χ3v) is 3.80. The highest BCUT2D eigenvalue weighted by atomic mass is 32.2. The van der Waals surface area contributed by atoms with Crippen molar-refractivity contribution in [1.29, 1.82) is 0 Å². The molecule has 6 heteroatoms. The fourth-order valence-electron chi connectivity index (χ4n) is 1.35. The Kier molecular flexibility index (Phi) is 5.11. The van der Waals surface area contributed by atoms with E-state index < -0.39 is 22.2 Å². The predicted molar refractivity (Wildman–Crippen MR) is 72.3 cm³/mol. The van der Waals surface area contributed by atoms with E-state index in [1.807, 2.05) is 11.6 Å². The van der Waals surface area contributed by atoms with Crippen molar-refractivity contribution in [2.24, 2.45) is 0 Å². The van der Waals surface area contributed by atoms with Gasteiger partial charge in [-0.1, -0.05) is 37.3 Å². The zero-order chi connectivity index (χ0) is 14.5. The zero-order valence-corrected chi connectivity index (χ0v) is 11.7. The minimum Gasteiger partial charge on any atom is -0.441 e. The summed E-state index contributed by atoms with van der Waals surface area (Å²) in [6.07, 6.45) is 0.458. The van der Waals surface area contributed by atoms with Crippen molar-refractivity contribution in [3.63, 3.8) is 0 Å². The van der Waals surface area contributed by atoms with Crippen LogP contribution in [0.15, 0.2) is 41.8 Å². The summed E-state index contributed by atoms with van der Waals surface area (Å²) in [5.74, 6) is 0. The molecule has 1 aromatic carbocycles. The number of hydrogen-bond donors (Lipinski definition) is 1. The van der Waals surface area contributed by atoms with Crippen LogP contribution in [-0.2, 0) is 14.8 Å². The lowest BCUT2D eigenvalue weighted by Crippen LogP contribution is -2.33. The van der Waals surface area contributed by atoms with Crippen LogP contribution in [0.4, 0.5) is 4.79 Å². The molecule has 0 fully saturated rings. The predicted octanol–water partition coefficient (Wildman–Crippen LogP) is 2.37. The van der Waals surface area contributed by atoms with Crippen LogP contribution in [0, 0.1) is 6.92 Å². The SMILES string of the molecule is C=CC(CC)OC(=O)NS(=O)(=O)c1ccc(C)cc1. The molecule has 0 aliphatic rings. The Labute approximate surface area is 113 Å². The normalized spacial score (nSPS) is 12.5. The maximum atomic E-state index is 11.9. The molecule has 1 unspecified atom stereocenters. The first-order valence-corrected chi connectivity index (χ1v) is 7.30. The monoisotopic (exact) mass is 283 g/mol. The van der Waals surface area contributed by atoms with Crippen molar-refractivity contribution in [3.05, 3.63) is 42.5 Å². The molecule has 0 aromatic heterocycles. The Hall–Kier alpha value is -1.82. The Morgan fingerprint density at radius 1 is 1.42 bits per heavy atom. The van der Waals surface area contributed by atoms with E-state index in [-0.39, 0.29) is 4.90 Å². The van der Waals surface area contributed by atoms with Gasteiger partial charge >= 0.3 is 6.09 Å². The minimum absolute atomic E-state index is 0.0155. The molecule has 0 aliphatic carbocycles. The largest absolute Gasteiger partial charge is 0.441 e. The van der Waals surface area contributed by atoms with Gasteiger partial charge in [-0.3, -0.25) is 0 Å². The van der Waals surface area contributed by atoms with Crippen molar-refractivity contribution >= 4 is 16.1 Å². The van der Waals surface area contributed by atoms with Crippen molar-refractivity contribution in [3.8, 4) is 0 Å². The van der Waals surface area contributed by atoms with E-state index in [0.29, 0.717) is 6.42 Å². The van der Waals surface area contributed by atoms with E-state index in [4.69, 9.17) is 4.74 Å². The van der Waals surface area contributed by atoms with Crippen LogP contribution < -0.4 is 4.72 Å². The van der Waals surface area contributed by atoms with Gasteiger partial charge in [0.2, 0.25) is 0 Å². The van der Waals surface area contributed by atoms with Crippen LogP contribution in [0.25, 0.3) is 0 Å². The lowest BCUT2D eigenvalue weighted by atomic mass is 10.2. The second-order valence-electron chi connectivity index (χ2n) is 4.01. The highest BCUT2D eigenvalue weighted by Gasteiger charge is 2.19. The maximum absolute atomic E-state index is 11.9. The molecule has 1 N–H and O–H groups in total. The molecule has 0 heterocycles. The van der Waals surface area contributed by atoms with E-state index >= 15 is 0 Å². The molecule has 5 nitrogen and oxygen atoms in total. The maximum Gasteiger partial charge on any atom is 0.421 e. The topological polar surface area (TPSA) is 72.5 Å². The van der Waals surface area contributed by atoms with Crippen LogP contribution in [0.3, 0.4) is 0 Å². The fraction of sp³-hybridized carbons (Fsp3) is 0.308. The van der Waals surface area contributed by atoms with Crippen molar-refractivity contribution < 1.29 is 17.9 Å². The molecule has 1 atom stereocenters. The summed E-state index contributed by atoms with van der Waals surface area (Å²) in [6, 6.07) is 6.16. The first-order chi connectivity index (χ1) is 8.89. The average molecular weight is 283 g/mol. The first kappa shape index (κ1) is 15.2. The number of aryl methyl sites for hydroxylation is 1. The molecule has 0 bridgehead atoms. The van der Waals surface area contributed by atoms with Gasteiger partial charge in [0, 0.05) is 0 Å². The molecule has 0 saturated heterocycles. The summed E-state index contributed by atoms with van der Waals surface area (Å²) in [5, 5.41) is 0. The zero-order valence-electron chi connectivity index (χ0n) is 10.9. The smallest absolute Gasteiger partial charge is 0.421 e. The number of rotatable bonds is 5. The van der Waals surface area contributed by atoms with Gasteiger partial charge in [-0.2, -0.15) is 0 Å². The van der Waals surface area contributed by atoms with Crippen molar-refractivity contribution in [1.82, 2.24) is 4.72 Å².